The van der Waals surface area contributed by atoms with Crippen molar-refractivity contribution in [2.24, 2.45) is 5.92 Å². The van der Waals surface area contributed by atoms with Crippen molar-refractivity contribution in [1.29, 1.82) is 0 Å². The summed E-state index contributed by atoms with van der Waals surface area (Å²) in [6.07, 6.45) is 3.63. The molecule has 1 N–H and O–H groups in total. The molecule has 1 saturated carbocycles. The molecule has 1 aromatic carbocycles. The Morgan fingerprint density at radius 1 is 0.938 bits per heavy atom. The van der Waals surface area contributed by atoms with Gasteiger partial charge in [-0.25, -0.2) is 4.68 Å². The maximum atomic E-state index is 12.7. The highest BCUT2D eigenvalue weighted by Crippen LogP contribution is 2.28. The molecule has 32 heavy (non-hydrogen) atoms. The third-order valence-electron chi connectivity index (χ3n) is 6.37. The summed E-state index contributed by atoms with van der Waals surface area (Å²) in [6.45, 7) is 1.31. The SMILES string of the molecule is O=C(NC1CCN(C(=O)C2CCCCC2)CC1)c1ccc(-n2ccc(C(F)(F)F)n2)cc1. The van der Waals surface area contributed by atoms with Gasteiger partial charge in [-0.15, -0.1) is 0 Å². The lowest BCUT2D eigenvalue weighted by atomic mass is 9.87. The topological polar surface area (TPSA) is 67.2 Å². The molecule has 0 atom stereocenters. The average Bonchev–Trinajstić information content (AvgIpc) is 3.31. The van der Waals surface area contributed by atoms with Crippen molar-refractivity contribution in [3.8, 4) is 5.69 Å². The number of nitrogens with zero attached hydrogens (tertiary/aromatic N) is 3. The van der Waals surface area contributed by atoms with E-state index in [1.165, 1.54) is 12.6 Å². The third kappa shape index (κ3) is 5.14. The number of amides is 2. The quantitative estimate of drug-likeness (QED) is 0.763. The summed E-state index contributed by atoms with van der Waals surface area (Å²) >= 11 is 0. The molecule has 1 aliphatic heterocycles. The summed E-state index contributed by atoms with van der Waals surface area (Å²) in [5.41, 5.74) is -0.100. The first-order valence-corrected chi connectivity index (χ1v) is 11.1. The molecule has 4 rings (SSSR count). The van der Waals surface area contributed by atoms with E-state index in [-0.39, 0.29) is 23.8 Å². The monoisotopic (exact) mass is 448 g/mol. The zero-order chi connectivity index (χ0) is 22.7. The molecule has 2 fully saturated rings. The van der Waals surface area contributed by atoms with Gasteiger partial charge in [-0.2, -0.15) is 18.3 Å². The minimum atomic E-state index is -4.50. The van der Waals surface area contributed by atoms with Gasteiger partial charge in [-0.05, 0) is 56.0 Å². The number of likely N-dealkylation sites (tertiary alicyclic amines) is 1. The number of rotatable bonds is 4. The van der Waals surface area contributed by atoms with E-state index in [2.05, 4.69) is 10.4 Å². The summed E-state index contributed by atoms with van der Waals surface area (Å²) in [7, 11) is 0. The molecule has 1 saturated heterocycles. The van der Waals surface area contributed by atoms with Crippen molar-refractivity contribution in [3.05, 3.63) is 47.8 Å². The predicted octanol–water partition coefficient (Wildman–Crippen LogP) is 4.19. The summed E-state index contributed by atoms with van der Waals surface area (Å²) in [5.74, 6) is 0.192. The molecule has 0 unspecified atom stereocenters. The Morgan fingerprint density at radius 2 is 1.59 bits per heavy atom. The Morgan fingerprint density at radius 3 is 2.19 bits per heavy atom. The summed E-state index contributed by atoms with van der Waals surface area (Å²) in [6, 6.07) is 7.17. The second kappa shape index (κ2) is 9.34. The second-order valence-corrected chi connectivity index (χ2v) is 8.60. The van der Waals surface area contributed by atoms with E-state index in [1.54, 1.807) is 24.3 Å². The van der Waals surface area contributed by atoms with Gasteiger partial charge in [0.05, 0.1) is 5.69 Å². The van der Waals surface area contributed by atoms with Crippen LogP contribution in [0.2, 0.25) is 0 Å². The van der Waals surface area contributed by atoms with Crippen LogP contribution < -0.4 is 5.32 Å². The standard InChI is InChI=1S/C23H27F3N4O2/c24-23(25,26)20-12-15-30(28-20)19-8-6-16(7-9-19)21(31)27-18-10-13-29(14-11-18)22(32)17-4-2-1-3-5-17/h6-9,12,15,17-18H,1-5,10-11,13-14H2,(H,27,31). The van der Waals surface area contributed by atoms with Gasteiger partial charge in [0.1, 0.15) is 0 Å². The fourth-order valence-electron chi connectivity index (χ4n) is 4.51. The molecular formula is C23H27F3N4O2. The van der Waals surface area contributed by atoms with Crippen LogP contribution in [0.3, 0.4) is 0 Å². The van der Waals surface area contributed by atoms with E-state index in [9.17, 15) is 22.8 Å². The van der Waals surface area contributed by atoms with Crippen molar-refractivity contribution in [2.75, 3.05) is 13.1 Å². The first-order chi connectivity index (χ1) is 15.3. The van der Waals surface area contributed by atoms with Gasteiger partial charge in [0, 0.05) is 36.8 Å². The van der Waals surface area contributed by atoms with Crippen LogP contribution in [-0.4, -0.2) is 45.6 Å². The molecule has 0 bridgehead atoms. The van der Waals surface area contributed by atoms with Gasteiger partial charge >= 0.3 is 6.18 Å². The van der Waals surface area contributed by atoms with Gasteiger partial charge in [0.25, 0.3) is 5.91 Å². The minimum Gasteiger partial charge on any atom is -0.349 e. The lowest BCUT2D eigenvalue weighted by Gasteiger charge is -2.35. The fraction of sp³-hybridized carbons (Fsp3) is 0.522. The van der Waals surface area contributed by atoms with E-state index >= 15 is 0 Å². The van der Waals surface area contributed by atoms with E-state index in [0.29, 0.717) is 24.3 Å². The predicted molar refractivity (Wildman–Crippen MR) is 112 cm³/mol. The molecular weight excluding hydrogens is 421 g/mol. The number of hydrogen-bond donors (Lipinski definition) is 1. The van der Waals surface area contributed by atoms with Crippen LogP contribution >= 0.6 is 0 Å². The Balaban J connectivity index is 1.29. The van der Waals surface area contributed by atoms with E-state index < -0.39 is 11.9 Å². The molecule has 1 aliphatic carbocycles. The molecule has 9 heteroatoms. The number of nitrogens with one attached hydrogen (secondary N) is 1. The molecule has 2 heterocycles. The van der Waals surface area contributed by atoms with Crippen molar-refractivity contribution in [2.45, 2.75) is 57.2 Å². The molecule has 6 nitrogen and oxygen atoms in total. The van der Waals surface area contributed by atoms with Crippen LogP contribution in [0.1, 0.15) is 61.0 Å². The fourth-order valence-corrected chi connectivity index (χ4v) is 4.51. The second-order valence-electron chi connectivity index (χ2n) is 8.60. The summed E-state index contributed by atoms with van der Waals surface area (Å²) < 4.78 is 39.3. The highest BCUT2D eigenvalue weighted by Gasteiger charge is 2.33. The number of carbonyl (C=O) groups is 2. The van der Waals surface area contributed by atoms with Gasteiger partial charge in [-0.3, -0.25) is 9.59 Å². The number of hydrogen-bond acceptors (Lipinski definition) is 3. The number of carbonyl (C=O) groups excluding carboxylic acids is 2. The van der Waals surface area contributed by atoms with Crippen molar-refractivity contribution in [3.63, 3.8) is 0 Å². The number of piperidine rings is 1. The van der Waals surface area contributed by atoms with Crippen LogP contribution in [0.25, 0.3) is 5.69 Å². The molecule has 172 valence electrons. The molecule has 2 aromatic rings. The van der Waals surface area contributed by atoms with Gasteiger partial charge in [-0.1, -0.05) is 19.3 Å². The summed E-state index contributed by atoms with van der Waals surface area (Å²) in [5, 5.41) is 6.54. The average molecular weight is 448 g/mol. The van der Waals surface area contributed by atoms with Gasteiger partial charge < -0.3 is 10.2 Å². The van der Waals surface area contributed by atoms with Crippen molar-refractivity contribution >= 4 is 11.8 Å². The molecule has 0 radical (unpaired) electrons. The highest BCUT2D eigenvalue weighted by atomic mass is 19.4. The van der Waals surface area contributed by atoms with Crippen LogP contribution in [0, 0.1) is 5.92 Å². The first kappa shape index (κ1) is 22.4. The largest absolute Gasteiger partial charge is 0.435 e. The Kier molecular flexibility index (Phi) is 6.53. The zero-order valence-corrected chi connectivity index (χ0v) is 17.8. The van der Waals surface area contributed by atoms with E-state index in [4.69, 9.17) is 0 Å². The van der Waals surface area contributed by atoms with Crippen LogP contribution in [0.4, 0.5) is 13.2 Å². The van der Waals surface area contributed by atoms with E-state index in [1.807, 2.05) is 4.90 Å². The van der Waals surface area contributed by atoms with Crippen molar-refractivity contribution in [1.82, 2.24) is 20.0 Å². The molecule has 1 aromatic heterocycles. The zero-order valence-electron chi connectivity index (χ0n) is 17.8. The Hall–Kier alpha value is -2.84. The Bertz CT molecular complexity index is 941. The third-order valence-corrected chi connectivity index (χ3v) is 6.37. The molecule has 0 spiro atoms. The maximum absolute atomic E-state index is 12.7. The molecule has 2 amide bonds. The number of benzene rings is 1. The van der Waals surface area contributed by atoms with Crippen LogP contribution in [-0.2, 0) is 11.0 Å². The Labute approximate surface area is 184 Å². The smallest absolute Gasteiger partial charge is 0.349 e. The highest BCUT2D eigenvalue weighted by molar-refractivity contribution is 5.94. The van der Waals surface area contributed by atoms with Crippen molar-refractivity contribution < 1.29 is 22.8 Å². The van der Waals surface area contributed by atoms with Crippen LogP contribution in [0.5, 0.6) is 0 Å². The van der Waals surface area contributed by atoms with Crippen LogP contribution in [0.15, 0.2) is 36.5 Å². The van der Waals surface area contributed by atoms with Gasteiger partial charge in [0.15, 0.2) is 5.69 Å². The lowest BCUT2D eigenvalue weighted by Crippen LogP contribution is -2.48. The number of aromatic nitrogens is 2. The number of alkyl halides is 3. The lowest BCUT2D eigenvalue weighted by molar-refractivity contribution is -0.141. The first-order valence-electron chi connectivity index (χ1n) is 11.1. The maximum Gasteiger partial charge on any atom is 0.435 e. The summed E-state index contributed by atoms with van der Waals surface area (Å²) in [4.78, 5) is 27.2. The van der Waals surface area contributed by atoms with Gasteiger partial charge in [0.2, 0.25) is 5.91 Å². The minimum absolute atomic E-state index is 0.00181. The van der Waals surface area contributed by atoms with E-state index in [0.717, 1.165) is 49.3 Å². The normalized spacial score (nSPS) is 18.5. The number of halogens is 3. The molecule has 2 aliphatic rings.